The molecule has 0 rings (SSSR count). The van der Waals surface area contributed by atoms with Crippen molar-refractivity contribution in [2.45, 2.75) is 12.1 Å². The van der Waals surface area contributed by atoms with Gasteiger partial charge in [0, 0.05) is 11.5 Å². The Morgan fingerprint density at radius 3 is 1.61 bits per heavy atom. The highest BCUT2D eigenvalue weighted by molar-refractivity contribution is 8.76. The van der Waals surface area contributed by atoms with Crippen LogP contribution in [0.5, 0.6) is 0 Å². The van der Waals surface area contributed by atoms with Gasteiger partial charge in [0.25, 0.3) is 0 Å². The molecule has 0 unspecified atom stereocenters. The van der Waals surface area contributed by atoms with Gasteiger partial charge in [0.2, 0.25) is 0 Å². The van der Waals surface area contributed by atoms with Gasteiger partial charge in [-0.3, -0.25) is 0 Å². The predicted octanol–water partition coefficient (Wildman–Crippen LogP) is -0.710. The lowest BCUT2D eigenvalue weighted by Gasteiger charge is -2.09. The lowest BCUT2D eigenvalue weighted by molar-refractivity contribution is -0.138. The van der Waals surface area contributed by atoms with E-state index in [2.05, 4.69) is 9.47 Å². The molecule has 0 aliphatic carbocycles. The minimum atomic E-state index is -0.826. The average molecular weight is 288 g/mol. The number of esters is 2. The number of hydrogen-bond acceptors (Lipinski definition) is 8. The van der Waals surface area contributed by atoms with Gasteiger partial charge in [-0.15, -0.1) is 0 Å². The largest absolute Gasteiger partial charge is 0.371 e. The first-order valence-corrected chi connectivity index (χ1v) is 7.09. The lowest BCUT2D eigenvalue weighted by atomic mass is 10.4. The summed E-state index contributed by atoms with van der Waals surface area (Å²) in [6.07, 6.45) is 13.0. The smallest absolute Gasteiger partial charge is 0.337 e. The molecular weight excluding hydrogens is 276 g/mol. The molecule has 0 aromatic rings. The third-order valence-corrected chi connectivity index (χ3v) is 3.98. The molecule has 0 saturated carbocycles. The Morgan fingerprint density at radius 2 is 1.33 bits per heavy atom. The van der Waals surface area contributed by atoms with Crippen LogP contribution in [0.25, 0.3) is 0 Å². The van der Waals surface area contributed by atoms with E-state index in [0.717, 1.165) is 0 Å². The van der Waals surface area contributed by atoms with Gasteiger partial charge >= 0.3 is 11.9 Å². The standard InChI is InChI=1S/C10H12N2O4S2/c1-3-15-9(13)7(11)5-17-18-6-8(12)10(14)16-4-2/h1-2,7-8H,5-6,11-12H2/t7-,8-/m0/s1. The van der Waals surface area contributed by atoms with Crippen molar-refractivity contribution in [3.8, 4) is 25.1 Å². The second-order valence-corrected chi connectivity index (χ2v) is 5.41. The van der Waals surface area contributed by atoms with Crippen LogP contribution in [0, 0.1) is 25.1 Å². The van der Waals surface area contributed by atoms with Crippen LogP contribution in [-0.4, -0.2) is 35.5 Å². The van der Waals surface area contributed by atoms with E-state index in [-0.39, 0.29) is 11.5 Å². The van der Waals surface area contributed by atoms with E-state index in [1.807, 2.05) is 0 Å². The highest BCUT2D eigenvalue weighted by Crippen LogP contribution is 2.22. The minimum Gasteiger partial charge on any atom is -0.371 e. The van der Waals surface area contributed by atoms with E-state index in [0.29, 0.717) is 0 Å². The molecular formula is C10H12N2O4S2. The van der Waals surface area contributed by atoms with Gasteiger partial charge in [-0.25, -0.2) is 9.59 Å². The maximum atomic E-state index is 11.0. The molecule has 0 aromatic carbocycles. The molecule has 0 bridgehead atoms. The fourth-order valence-electron chi connectivity index (χ4n) is 0.646. The van der Waals surface area contributed by atoms with E-state index in [9.17, 15) is 9.59 Å². The maximum Gasteiger partial charge on any atom is 0.337 e. The number of rotatable bonds is 7. The summed E-state index contributed by atoms with van der Waals surface area (Å²) in [5.41, 5.74) is 10.9. The fourth-order valence-corrected chi connectivity index (χ4v) is 2.86. The molecule has 2 atom stereocenters. The zero-order valence-electron chi connectivity index (χ0n) is 9.33. The van der Waals surface area contributed by atoms with Crippen LogP contribution in [0.4, 0.5) is 0 Å². The number of ether oxygens (including phenoxy) is 2. The molecule has 6 nitrogen and oxygen atoms in total. The van der Waals surface area contributed by atoms with Crippen LogP contribution >= 0.6 is 21.6 Å². The average Bonchev–Trinajstić information content (AvgIpc) is 2.34. The SMILES string of the molecule is C#COC(=O)[C@@H](N)CSSC[C@H](N)C(=O)OC#C. The van der Waals surface area contributed by atoms with Crippen molar-refractivity contribution in [2.75, 3.05) is 11.5 Å². The van der Waals surface area contributed by atoms with Gasteiger partial charge in [-0.05, 0) is 0 Å². The summed E-state index contributed by atoms with van der Waals surface area (Å²) in [6, 6.07) is -1.65. The molecule has 0 amide bonds. The Kier molecular flexibility index (Phi) is 8.97. The zero-order chi connectivity index (χ0) is 14.0. The summed E-state index contributed by atoms with van der Waals surface area (Å²) in [5.74, 6) is -0.798. The Balaban J connectivity index is 3.74. The van der Waals surface area contributed by atoms with Gasteiger partial charge in [0.1, 0.15) is 24.3 Å². The van der Waals surface area contributed by atoms with E-state index in [1.165, 1.54) is 21.6 Å². The number of nitrogens with two attached hydrogens (primary N) is 2. The molecule has 0 fully saturated rings. The lowest BCUT2D eigenvalue weighted by Crippen LogP contribution is -2.34. The molecule has 0 saturated heterocycles. The van der Waals surface area contributed by atoms with Gasteiger partial charge in [-0.1, -0.05) is 34.4 Å². The van der Waals surface area contributed by atoms with Crippen molar-refractivity contribution in [3.63, 3.8) is 0 Å². The molecule has 18 heavy (non-hydrogen) atoms. The normalized spacial score (nSPS) is 12.7. The van der Waals surface area contributed by atoms with Crippen LogP contribution in [0.15, 0.2) is 0 Å². The monoisotopic (exact) mass is 288 g/mol. The first kappa shape index (κ1) is 16.7. The Labute approximate surface area is 113 Å². The molecule has 0 aliphatic rings. The van der Waals surface area contributed by atoms with E-state index in [4.69, 9.17) is 24.3 Å². The van der Waals surface area contributed by atoms with Crippen LogP contribution in [0.2, 0.25) is 0 Å². The first-order chi connectivity index (χ1) is 8.52. The Bertz CT molecular complexity index is 339. The topological polar surface area (TPSA) is 105 Å². The number of terminal acetylenes is 2. The highest BCUT2D eigenvalue weighted by Gasteiger charge is 2.17. The van der Waals surface area contributed by atoms with Crippen LogP contribution in [0.1, 0.15) is 0 Å². The van der Waals surface area contributed by atoms with Crippen molar-refractivity contribution in [3.05, 3.63) is 0 Å². The Hall–Kier alpha value is -1.32. The Morgan fingerprint density at radius 1 is 1.00 bits per heavy atom. The van der Waals surface area contributed by atoms with Gasteiger partial charge in [0.15, 0.2) is 0 Å². The molecule has 0 aliphatic heterocycles. The van der Waals surface area contributed by atoms with Crippen molar-refractivity contribution in [1.29, 1.82) is 0 Å². The van der Waals surface area contributed by atoms with E-state index < -0.39 is 24.0 Å². The second kappa shape index (κ2) is 9.68. The molecule has 0 aromatic heterocycles. The molecule has 98 valence electrons. The molecule has 8 heteroatoms. The summed E-state index contributed by atoms with van der Waals surface area (Å²) in [4.78, 5) is 22.1. The summed E-state index contributed by atoms with van der Waals surface area (Å²) >= 11 is 0. The molecule has 4 N–H and O–H groups in total. The number of carbonyl (C=O) groups is 2. The van der Waals surface area contributed by atoms with E-state index >= 15 is 0 Å². The van der Waals surface area contributed by atoms with Crippen LogP contribution in [-0.2, 0) is 19.1 Å². The van der Waals surface area contributed by atoms with Gasteiger partial charge in [0.05, 0.1) is 0 Å². The van der Waals surface area contributed by atoms with E-state index in [1.54, 1.807) is 12.2 Å². The minimum absolute atomic E-state index is 0.280. The van der Waals surface area contributed by atoms with Crippen LogP contribution < -0.4 is 11.5 Å². The molecule has 0 radical (unpaired) electrons. The summed E-state index contributed by atoms with van der Waals surface area (Å²) in [6.45, 7) is 0. The van der Waals surface area contributed by atoms with Gasteiger partial charge < -0.3 is 20.9 Å². The third-order valence-electron chi connectivity index (χ3n) is 1.50. The van der Waals surface area contributed by atoms with Crippen molar-refractivity contribution in [2.24, 2.45) is 11.5 Å². The fraction of sp³-hybridized carbons (Fsp3) is 0.400. The zero-order valence-corrected chi connectivity index (χ0v) is 11.0. The van der Waals surface area contributed by atoms with Gasteiger partial charge in [-0.2, -0.15) is 0 Å². The maximum absolute atomic E-state index is 11.0. The third kappa shape index (κ3) is 7.09. The van der Waals surface area contributed by atoms with Crippen molar-refractivity contribution >= 4 is 33.5 Å². The summed E-state index contributed by atoms with van der Waals surface area (Å²) in [7, 11) is 2.52. The molecule has 0 heterocycles. The van der Waals surface area contributed by atoms with Crippen LogP contribution in [0.3, 0.4) is 0 Å². The highest BCUT2D eigenvalue weighted by atomic mass is 33.1. The molecule has 0 spiro atoms. The van der Waals surface area contributed by atoms with Crippen molar-refractivity contribution < 1.29 is 19.1 Å². The predicted molar refractivity (Wildman–Crippen MR) is 70.7 cm³/mol. The number of hydrogen-bond donors (Lipinski definition) is 2. The quantitative estimate of drug-likeness (QED) is 0.274. The summed E-state index contributed by atoms with van der Waals surface area (Å²) in [5, 5.41) is 0. The summed E-state index contributed by atoms with van der Waals surface area (Å²) < 4.78 is 8.54. The van der Waals surface area contributed by atoms with Crippen molar-refractivity contribution in [1.82, 2.24) is 0 Å². The number of carbonyl (C=O) groups excluding carboxylic acids is 2. The first-order valence-electron chi connectivity index (χ1n) is 4.61. The second-order valence-electron chi connectivity index (χ2n) is 2.86.